The molecule has 0 bridgehead atoms. The molecule has 1 aliphatic heterocycles. The van der Waals surface area contributed by atoms with E-state index in [1.807, 2.05) is 35.2 Å². The summed E-state index contributed by atoms with van der Waals surface area (Å²) in [6.07, 6.45) is 3.02. The number of amides is 2. The number of piperidine rings is 1. The molecule has 1 heterocycles. The van der Waals surface area contributed by atoms with Crippen LogP contribution in [0.15, 0.2) is 55.1 Å². The van der Waals surface area contributed by atoms with Gasteiger partial charge in [0.1, 0.15) is 11.9 Å². The van der Waals surface area contributed by atoms with Crippen LogP contribution < -0.4 is 10.1 Å². The Morgan fingerprint density at radius 2 is 1.79 bits per heavy atom. The van der Waals surface area contributed by atoms with E-state index in [1.54, 1.807) is 0 Å². The molecule has 29 heavy (non-hydrogen) atoms. The highest BCUT2D eigenvalue weighted by molar-refractivity contribution is 5.94. The second-order valence-electron chi connectivity index (χ2n) is 7.47. The fraction of sp³-hybridized carbons (Fsp3) is 0.333. The molecule has 1 fully saturated rings. The zero-order chi connectivity index (χ0) is 20.8. The first-order valence-electron chi connectivity index (χ1n) is 9.98. The van der Waals surface area contributed by atoms with E-state index >= 15 is 0 Å². The van der Waals surface area contributed by atoms with Gasteiger partial charge in [-0.3, -0.25) is 9.59 Å². The third kappa shape index (κ3) is 5.47. The van der Waals surface area contributed by atoms with Gasteiger partial charge in [-0.05, 0) is 60.9 Å². The first kappa shape index (κ1) is 20.6. The Hall–Kier alpha value is -3.08. The Balaban J connectivity index is 1.51. The van der Waals surface area contributed by atoms with Gasteiger partial charge in [-0.15, -0.1) is 0 Å². The van der Waals surface area contributed by atoms with Gasteiger partial charge < -0.3 is 15.0 Å². The summed E-state index contributed by atoms with van der Waals surface area (Å²) in [5.41, 5.74) is 4.09. The van der Waals surface area contributed by atoms with Gasteiger partial charge >= 0.3 is 0 Å². The fourth-order valence-electron chi connectivity index (χ4n) is 3.37. The lowest BCUT2D eigenvalue weighted by Gasteiger charge is -2.32. The van der Waals surface area contributed by atoms with Crippen molar-refractivity contribution in [1.82, 2.24) is 10.2 Å². The van der Waals surface area contributed by atoms with Gasteiger partial charge in [0, 0.05) is 38.0 Å². The molecule has 152 valence electrons. The summed E-state index contributed by atoms with van der Waals surface area (Å²) in [5, 5.41) is 2.73. The predicted molar refractivity (Wildman–Crippen MR) is 114 cm³/mol. The van der Waals surface area contributed by atoms with Gasteiger partial charge in [0.05, 0.1) is 0 Å². The molecule has 0 atom stereocenters. The van der Waals surface area contributed by atoms with Gasteiger partial charge in [-0.2, -0.15) is 0 Å². The standard InChI is InChI=1S/C24H28N2O3/c1-4-23(27)25-16-19-6-8-20(9-7-19)24(28)26-13-11-21(12-14-26)29-22-10-5-17(2)18(3)15-22/h4-10,15,21H,1,11-14,16H2,2-3H3,(H,25,27). The highest BCUT2D eigenvalue weighted by Crippen LogP contribution is 2.22. The Kier molecular flexibility index (Phi) is 6.70. The van der Waals surface area contributed by atoms with Crippen LogP contribution in [0.5, 0.6) is 5.75 Å². The van der Waals surface area contributed by atoms with Crippen molar-refractivity contribution in [1.29, 1.82) is 0 Å². The smallest absolute Gasteiger partial charge is 0.253 e. The van der Waals surface area contributed by atoms with E-state index in [1.165, 1.54) is 17.2 Å². The van der Waals surface area contributed by atoms with E-state index < -0.39 is 0 Å². The number of aryl methyl sites for hydroxylation is 2. The number of ether oxygens (including phenoxy) is 1. The molecule has 1 aliphatic rings. The summed E-state index contributed by atoms with van der Waals surface area (Å²) >= 11 is 0. The molecule has 0 radical (unpaired) electrons. The van der Waals surface area contributed by atoms with Crippen molar-refractivity contribution in [3.8, 4) is 5.75 Å². The minimum absolute atomic E-state index is 0.0382. The minimum atomic E-state index is -0.212. The largest absolute Gasteiger partial charge is 0.490 e. The van der Waals surface area contributed by atoms with Crippen molar-refractivity contribution in [2.45, 2.75) is 39.3 Å². The zero-order valence-corrected chi connectivity index (χ0v) is 17.1. The summed E-state index contributed by atoms with van der Waals surface area (Å²) < 4.78 is 6.12. The van der Waals surface area contributed by atoms with Crippen molar-refractivity contribution in [3.63, 3.8) is 0 Å². The first-order chi connectivity index (χ1) is 14.0. The summed E-state index contributed by atoms with van der Waals surface area (Å²) in [6.45, 7) is 9.39. The fourth-order valence-corrected chi connectivity index (χ4v) is 3.37. The quantitative estimate of drug-likeness (QED) is 0.761. The van der Waals surface area contributed by atoms with E-state index in [-0.39, 0.29) is 17.9 Å². The highest BCUT2D eigenvalue weighted by atomic mass is 16.5. The van der Waals surface area contributed by atoms with Crippen molar-refractivity contribution in [2.75, 3.05) is 13.1 Å². The molecule has 1 N–H and O–H groups in total. The average molecular weight is 392 g/mol. The number of hydrogen-bond acceptors (Lipinski definition) is 3. The van der Waals surface area contributed by atoms with Crippen LogP contribution in [0.3, 0.4) is 0 Å². The van der Waals surface area contributed by atoms with Gasteiger partial charge in [0.15, 0.2) is 0 Å². The summed E-state index contributed by atoms with van der Waals surface area (Å²) in [4.78, 5) is 25.9. The minimum Gasteiger partial charge on any atom is -0.490 e. The van der Waals surface area contributed by atoms with Crippen LogP contribution in [0.25, 0.3) is 0 Å². The normalized spacial score (nSPS) is 14.3. The Bertz CT molecular complexity index is 881. The maximum absolute atomic E-state index is 12.8. The number of nitrogens with zero attached hydrogens (tertiary/aromatic N) is 1. The van der Waals surface area contributed by atoms with Crippen molar-refractivity contribution in [3.05, 3.63) is 77.4 Å². The van der Waals surface area contributed by atoms with Crippen LogP contribution in [-0.2, 0) is 11.3 Å². The SMILES string of the molecule is C=CC(=O)NCc1ccc(C(=O)N2CCC(Oc3ccc(C)c(C)c3)CC2)cc1. The molecule has 2 aromatic rings. The number of nitrogens with one attached hydrogen (secondary N) is 1. The highest BCUT2D eigenvalue weighted by Gasteiger charge is 2.24. The third-order valence-corrected chi connectivity index (χ3v) is 5.36. The maximum Gasteiger partial charge on any atom is 0.253 e. The predicted octanol–water partition coefficient (Wildman–Crippen LogP) is 3.79. The van der Waals surface area contributed by atoms with Gasteiger partial charge in [0.2, 0.25) is 5.91 Å². The van der Waals surface area contributed by atoms with E-state index in [0.29, 0.717) is 25.2 Å². The van der Waals surface area contributed by atoms with Crippen molar-refractivity contribution in [2.24, 2.45) is 0 Å². The monoisotopic (exact) mass is 392 g/mol. The first-order valence-corrected chi connectivity index (χ1v) is 9.98. The molecule has 5 heteroatoms. The van der Waals surface area contributed by atoms with Gasteiger partial charge in [0.25, 0.3) is 5.91 Å². The molecule has 3 rings (SSSR count). The van der Waals surface area contributed by atoms with Gasteiger partial charge in [-0.25, -0.2) is 0 Å². The molecular weight excluding hydrogens is 364 g/mol. The average Bonchev–Trinajstić information content (AvgIpc) is 2.75. The molecule has 0 aromatic heterocycles. The second kappa shape index (κ2) is 9.41. The molecule has 5 nitrogen and oxygen atoms in total. The summed E-state index contributed by atoms with van der Waals surface area (Å²) in [5.74, 6) is 0.726. The Morgan fingerprint density at radius 1 is 1.10 bits per heavy atom. The van der Waals surface area contributed by atoms with Crippen LogP contribution in [-0.4, -0.2) is 35.9 Å². The van der Waals surface area contributed by atoms with Crippen LogP contribution >= 0.6 is 0 Å². The molecule has 2 amide bonds. The second-order valence-corrected chi connectivity index (χ2v) is 7.47. The third-order valence-electron chi connectivity index (χ3n) is 5.36. The van der Waals surface area contributed by atoms with Crippen LogP contribution in [0.2, 0.25) is 0 Å². The van der Waals surface area contributed by atoms with Crippen LogP contribution in [0.4, 0.5) is 0 Å². The molecule has 1 saturated heterocycles. The molecule has 2 aromatic carbocycles. The Labute approximate surface area is 172 Å². The summed E-state index contributed by atoms with van der Waals surface area (Å²) in [7, 11) is 0. The zero-order valence-electron chi connectivity index (χ0n) is 17.1. The molecule has 0 spiro atoms. The van der Waals surface area contributed by atoms with E-state index in [2.05, 4.69) is 37.9 Å². The molecule has 0 unspecified atom stereocenters. The number of hydrogen-bond donors (Lipinski definition) is 1. The molecule has 0 saturated carbocycles. The molecule has 0 aliphatic carbocycles. The summed E-state index contributed by atoms with van der Waals surface area (Å²) in [6, 6.07) is 13.5. The van der Waals surface area contributed by atoms with Crippen LogP contribution in [0.1, 0.15) is 39.9 Å². The number of carbonyl (C=O) groups excluding carboxylic acids is 2. The lowest BCUT2D eigenvalue weighted by atomic mass is 10.0. The van der Waals surface area contributed by atoms with Crippen molar-refractivity contribution < 1.29 is 14.3 Å². The number of rotatable bonds is 6. The van der Waals surface area contributed by atoms with E-state index in [0.717, 1.165) is 24.2 Å². The van der Waals surface area contributed by atoms with E-state index in [9.17, 15) is 9.59 Å². The Morgan fingerprint density at radius 3 is 2.41 bits per heavy atom. The number of likely N-dealkylation sites (tertiary alicyclic amines) is 1. The van der Waals surface area contributed by atoms with Crippen LogP contribution in [0, 0.1) is 13.8 Å². The maximum atomic E-state index is 12.8. The number of carbonyl (C=O) groups is 2. The topological polar surface area (TPSA) is 58.6 Å². The lowest BCUT2D eigenvalue weighted by Crippen LogP contribution is -2.41. The van der Waals surface area contributed by atoms with Gasteiger partial charge in [-0.1, -0.05) is 24.8 Å². The van der Waals surface area contributed by atoms with E-state index in [4.69, 9.17) is 4.74 Å². The van der Waals surface area contributed by atoms with Crippen molar-refractivity contribution >= 4 is 11.8 Å². The number of benzene rings is 2. The lowest BCUT2D eigenvalue weighted by molar-refractivity contribution is -0.116. The molecular formula is C24H28N2O3.